The van der Waals surface area contributed by atoms with Gasteiger partial charge in [0.2, 0.25) is 5.91 Å². The van der Waals surface area contributed by atoms with Crippen LogP contribution in [0.3, 0.4) is 0 Å². The predicted octanol–water partition coefficient (Wildman–Crippen LogP) is 3.23. The number of nitrogens with zero attached hydrogens (tertiary/aromatic N) is 2. The van der Waals surface area contributed by atoms with Gasteiger partial charge >= 0.3 is 0 Å². The first-order valence-corrected chi connectivity index (χ1v) is 11.4. The monoisotopic (exact) mass is 396 g/mol. The van der Waals surface area contributed by atoms with Crippen LogP contribution in [0.25, 0.3) is 0 Å². The number of hydrogen-bond acceptors (Lipinski definition) is 4. The number of nitrogens with one attached hydrogen (secondary N) is 1. The molecule has 4 aliphatic rings. The van der Waals surface area contributed by atoms with Crippen LogP contribution in [-0.2, 0) is 4.79 Å². The zero-order valence-corrected chi connectivity index (χ0v) is 17.2. The summed E-state index contributed by atoms with van der Waals surface area (Å²) in [5.41, 5.74) is 7.98. The fourth-order valence-corrected chi connectivity index (χ4v) is 5.74. The number of nitrogens with two attached hydrogens (primary N) is 1. The van der Waals surface area contributed by atoms with Crippen molar-refractivity contribution in [2.75, 3.05) is 18.8 Å². The number of nitrogen functional groups attached to an aromatic ring is 1. The summed E-state index contributed by atoms with van der Waals surface area (Å²) in [7, 11) is 0. The number of likely N-dealkylation sites (tertiary alicyclic amines) is 1. The quantitative estimate of drug-likeness (QED) is 0.818. The Kier molecular flexibility index (Phi) is 4.75. The SMILES string of the molecule is Nc1nc(C2CCN(C(=O)[C@@H]3CC34CCC4)CC2)ccc1C(=O)NC1CCCC1. The van der Waals surface area contributed by atoms with Gasteiger partial charge < -0.3 is 16.0 Å². The summed E-state index contributed by atoms with van der Waals surface area (Å²) < 4.78 is 0. The molecule has 2 amide bonds. The Morgan fingerprint density at radius 1 is 1.07 bits per heavy atom. The summed E-state index contributed by atoms with van der Waals surface area (Å²) in [6, 6.07) is 4.05. The van der Waals surface area contributed by atoms with Crippen molar-refractivity contribution in [1.29, 1.82) is 0 Å². The molecule has 1 spiro atoms. The van der Waals surface area contributed by atoms with Gasteiger partial charge in [-0.1, -0.05) is 19.3 Å². The molecular formula is C23H32N4O2. The van der Waals surface area contributed by atoms with E-state index < -0.39 is 0 Å². The van der Waals surface area contributed by atoms with Crippen molar-refractivity contribution in [3.05, 3.63) is 23.4 Å². The Bertz CT molecular complexity index is 805. The smallest absolute Gasteiger partial charge is 0.255 e. The highest BCUT2D eigenvalue weighted by Crippen LogP contribution is 2.66. The van der Waals surface area contributed by atoms with E-state index in [9.17, 15) is 9.59 Å². The Morgan fingerprint density at radius 3 is 2.38 bits per heavy atom. The van der Waals surface area contributed by atoms with Gasteiger partial charge in [-0.05, 0) is 62.5 Å². The van der Waals surface area contributed by atoms with Crippen LogP contribution in [-0.4, -0.2) is 40.8 Å². The van der Waals surface area contributed by atoms with Gasteiger partial charge in [0.15, 0.2) is 0 Å². The van der Waals surface area contributed by atoms with Crippen LogP contribution in [0.1, 0.15) is 86.2 Å². The molecule has 1 aromatic rings. The highest BCUT2D eigenvalue weighted by Gasteiger charge is 2.61. The number of amides is 2. The van der Waals surface area contributed by atoms with Gasteiger partial charge in [0, 0.05) is 36.7 Å². The fraction of sp³-hybridized carbons (Fsp3) is 0.696. The summed E-state index contributed by atoms with van der Waals surface area (Å²) in [4.78, 5) is 31.9. The third kappa shape index (κ3) is 3.51. The molecule has 1 aliphatic heterocycles. The fourth-order valence-electron chi connectivity index (χ4n) is 5.74. The van der Waals surface area contributed by atoms with Crippen LogP contribution in [0, 0.1) is 11.3 Å². The van der Waals surface area contributed by atoms with E-state index in [1.165, 1.54) is 32.1 Å². The zero-order chi connectivity index (χ0) is 20.0. The first-order chi connectivity index (χ1) is 14.1. The topological polar surface area (TPSA) is 88.3 Å². The Balaban J connectivity index is 1.17. The summed E-state index contributed by atoms with van der Waals surface area (Å²) in [6.07, 6.45) is 11.2. The molecule has 29 heavy (non-hydrogen) atoms. The number of carbonyl (C=O) groups is 2. The van der Waals surface area contributed by atoms with E-state index in [2.05, 4.69) is 15.2 Å². The lowest BCUT2D eigenvalue weighted by molar-refractivity contribution is -0.135. The first kappa shape index (κ1) is 18.9. The zero-order valence-electron chi connectivity index (χ0n) is 17.2. The standard InChI is InChI=1S/C23H32N4O2/c24-20-17(21(28)25-16-4-1-2-5-16)6-7-19(26-20)15-8-12-27(13-9-15)22(29)18-14-23(18)10-3-11-23/h6-7,15-16,18H,1-5,8-14H2,(H2,24,26)(H,25,28)/t18-/m0/s1. The van der Waals surface area contributed by atoms with Gasteiger partial charge in [0.05, 0.1) is 5.56 Å². The van der Waals surface area contributed by atoms with Crippen molar-refractivity contribution in [2.24, 2.45) is 11.3 Å². The van der Waals surface area contributed by atoms with Crippen LogP contribution >= 0.6 is 0 Å². The second-order valence-electron chi connectivity index (χ2n) is 9.70. The minimum atomic E-state index is -0.108. The van der Waals surface area contributed by atoms with Crippen LogP contribution in [0.5, 0.6) is 0 Å². The average Bonchev–Trinajstić information content (AvgIpc) is 3.29. The second kappa shape index (κ2) is 7.29. The van der Waals surface area contributed by atoms with Crippen molar-refractivity contribution in [3.8, 4) is 0 Å². The highest BCUT2D eigenvalue weighted by molar-refractivity contribution is 5.98. The van der Waals surface area contributed by atoms with Crippen molar-refractivity contribution >= 4 is 17.6 Å². The molecule has 4 fully saturated rings. The predicted molar refractivity (Wildman–Crippen MR) is 111 cm³/mol. The molecule has 5 rings (SSSR count). The molecule has 0 bridgehead atoms. The second-order valence-corrected chi connectivity index (χ2v) is 9.70. The molecule has 156 valence electrons. The Morgan fingerprint density at radius 2 is 1.79 bits per heavy atom. The van der Waals surface area contributed by atoms with Gasteiger partial charge in [-0.3, -0.25) is 9.59 Å². The molecule has 3 N–H and O–H groups in total. The minimum absolute atomic E-state index is 0.108. The van der Waals surface area contributed by atoms with E-state index in [0.29, 0.717) is 34.5 Å². The van der Waals surface area contributed by atoms with Crippen molar-refractivity contribution in [1.82, 2.24) is 15.2 Å². The van der Waals surface area contributed by atoms with E-state index in [0.717, 1.165) is 50.9 Å². The van der Waals surface area contributed by atoms with Crippen molar-refractivity contribution in [3.63, 3.8) is 0 Å². The average molecular weight is 397 g/mol. The number of hydrogen-bond donors (Lipinski definition) is 2. The van der Waals surface area contributed by atoms with E-state index in [1.54, 1.807) is 0 Å². The molecule has 0 unspecified atom stereocenters. The van der Waals surface area contributed by atoms with E-state index >= 15 is 0 Å². The van der Waals surface area contributed by atoms with Crippen molar-refractivity contribution < 1.29 is 9.59 Å². The molecule has 6 nitrogen and oxygen atoms in total. The van der Waals surface area contributed by atoms with E-state index in [4.69, 9.17) is 5.73 Å². The molecule has 2 heterocycles. The highest BCUT2D eigenvalue weighted by atomic mass is 16.2. The molecular weight excluding hydrogens is 364 g/mol. The maximum atomic E-state index is 12.8. The lowest BCUT2D eigenvalue weighted by atomic mass is 9.79. The molecule has 3 saturated carbocycles. The number of aromatic nitrogens is 1. The number of anilines is 1. The van der Waals surface area contributed by atoms with Crippen molar-refractivity contribution in [2.45, 2.75) is 76.2 Å². The number of pyridine rings is 1. The molecule has 1 atom stereocenters. The van der Waals surface area contributed by atoms with Crippen LogP contribution in [0.4, 0.5) is 5.82 Å². The Labute approximate surface area is 172 Å². The molecule has 3 aliphatic carbocycles. The lowest BCUT2D eigenvalue weighted by Gasteiger charge is -2.34. The van der Waals surface area contributed by atoms with Gasteiger partial charge in [-0.15, -0.1) is 0 Å². The molecule has 0 radical (unpaired) electrons. The third-order valence-corrected chi connectivity index (χ3v) is 7.94. The van der Waals surface area contributed by atoms with E-state index in [1.807, 2.05) is 12.1 Å². The number of carbonyl (C=O) groups excluding carboxylic acids is 2. The molecule has 1 aromatic heterocycles. The molecule has 1 saturated heterocycles. The van der Waals surface area contributed by atoms with Gasteiger partial charge in [-0.2, -0.15) is 0 Å². The summed E-state index contributed by atoms with van der Waals surface area (Å²) in [6.45, 7) is 1.61. The van der Waals surface area contributed by atoms with Crippen LogP contribution in [0.15, 0.2) is 12.1 Å². The summed E-state index contributed by atoms with van der Waals surface area (Å²) >= 11 is 0. The van der Waals surface area contributed by atoms with Gasteiger partial charge in [0.1, 0.15) is 5.82 Å². The lowest BCUT2D eigenvalue weighted by Crippen LogP contribution is -2.40. The number of rotatable bonds is 4. The van der Waals surface area contributed by atoms with Crippen LogP contribution < -0.4 is 11.1 Å². The first-order valence-electron chi connectivity index (χ1n) is 11.4. The number of piperidine rings is 1. The van der Waals surface area contributed by atoms with E-state index in [-0.39, 0.29) is 11.9 Å². The maximum Gasteiger partial charge on any atom is 0.255 e. The molecule has 0 aromatic carbocycles. The summed E-state index contributed by atoms with van der Waals surface area (Å²) in [5, 5.41) is 3.08. The van der Waals surface area contributed by atoms with Gasteiger partial charge in [-0.25, -0.2) is 4.98 Å². The molecule has 6 heteroatoms. The normalized spacial score (nSPS) is 26.3. The Hall–Kier alpha value is -2.11. The summed E-state index contributed by atoms with van der Waals surface area (Å²) in [5.74, 6) is 1.21. The van der Waals surface area contributed by atoms with Gasteiger partial charge in [0.25, 0.3) is 5.91 Å². The third-order valence-electron chi connectivity index (χ3n) is 7.94. The maximum absolute atomic E-state index is 12.8. The largest absolute Gasteiger partial charge is 0.383 e. The minimum Gasteiger partial charge on any atom is -0.383 e. The van der Waals surface area contributed by atoms with Crippen LogP contribution in [0.2, 0.25) is 0 Å².